The smallest absolute Gasteiger partial charge is 0.229 e. The first-order chi connectivity index (χ1) is 16.7. The molecule has 180 valence electrons. The summed E-state index contributed by atoms with van der Waals surface area (Å²) in [5.41, 5.74) is 2.94. The van der Waals surface area contributed by atoms with E-state index < -0.39 is 0 Å². The molecule has 9 heteroatoms. The van der Waals surface area contributed by atoms with Crippen molar-refractivity contribution < 1.29 is 9.59 Å². The Balaban J connectivity index is 1.37. The largest absolute Gasteiger partial charge is 0.369 e. The summed E-state index contributed by atoms with van der Waals surface area (Å²) >= 11 is 0. The van der Waals surface area contributed by atoms with Crippen LogP contribution in [0, 0.1) is 5.92 Å². The van der Waals surface area contributed by atoms with E-state index in [4.69, 9.17) is 4.98 Å². The van der Waals surface area contributed by atoms with Crippen LogP contribution in [-0.2, 0) is 16.0 Å². The highest BCUT2D eigenvalue weighted by Crippen LogP contribution is 2.31. The zero-order chi connectivity index (χ0) is 23.3. The van der Waals surface area contributed by atoms with Crippen molar-refractivity contribution in [2.75, 3.05) is 47.8 Å². The molecule has 0 unspecified atom stereocenters. The fraction of sp³-hybridized carbons (Fsp3) is 0.520. The third-order valence-corrected chi connectivity index (χ3v) is 7.15. The Morgan fingerprint density at radius 1 is 1.09 bits per heavy atom. The molecule has 0 bridgehead atoms. The minimum atomic E-state index is -0.101. The van der Waals surface area contributed by atoms with Crippen LogP contribution in [0.5, 0.6) is 0 Å². The number of carbonyl (C=O) groups excluding carboxylic acids is 2. The third-order valence-electron chi connectivity index (χ3n) is 7.15. The van der Waals surface area contributed by atoms with E-state index in [9.17, 15) is 9.59 Å². The second kappa shape index (κ2) is 10.4. The highest BCUT2D eigenvalue weighted by molar-refractivity contribution is 5.82. The zero-order valence-electron chi connectivity index (χ0n) is 19.5. The van der Waals surface area contributed by atoms with Crippen molar-refractivity contribution in [3.05, 3.63) is 36.0 Å². The predicted octanol–water partition coefficient (Wildman–Crippen LogP) is 2.21. The normalized spacial score (nSPS) is 20.9. The minimum absolute atomic E-state index is 0.0660. The molecule has 3 N–H and O–H groups in total. The Labute approximate surface area is 200 Å². The Morgan fingerprint density at radius 3 is 2.53 bits per heavy atom. The highest BCUT2D eigenvalue weighted by Gasteiger charge is 2.30. The zero-order valence-corrected chi connectivity index (χ0v) is 19.5. The van der Waals surface area contributed by atoms with E-state index in [0.29, 0.717) is 24.7 Å². The third kappa shape index (κ3) is 4.99. The van der Waals surface area contributed by atoms with Gasteiger partial charge in [-0.25, -0.2) is 4.98 Å². The first-order valence-corrected chi connectivity index (χ1v) is 12.4. The van der Waals surface area contributed by atoms with Crippen LogP contribution in [0.25, 0.3) is 0 Å². The van der Waals surface area contributed by atoms with Crippen molar-refractivity contribution in [1.29, 1.82) is 0 Å². The number of nitrogens with one attached hydrogen (secondary N) is 3. The lowest BCUT2D eigenvalue weighted by molar-refractivity contribution is -0.122. The van der Waals surface area contributed by atoms with Crippen LogP contribution in [0.3, 0.4) is 0 Å². The molecule has 2 aromatic rings. The molecule has 1 aliphatic carbocycles. The molecule has 3 fully saturated rings. The summed E-state index contributed by atoms with van der Waals surface area (Å²) in [6.07, 6.45) is 8.18. The average Bonchev–Trinajstić information content (AvgIpc) is 3.54. The van der Waals surface area contributed by atoms with Crippen LogP contribution in [0.15, 0.2) is 30.5 Å². The minimum Gasteiger partial charge on any atom is -0.369 e. The van der Waals surface area contributed by atoms with Gasteiger partial charge < -0.3 is 20.9 Å². The van der Waals surface area contributed by atoms with Gasteiger partial charge in [-0.1, -0.05) is 12.8 Å². The van der Waals surface area contributed by atoms with Gasteiger partial charge in [0.1, 0.15) is 5.82 Å². The van der Waals surface area contributed by atoms with Crippen molar-refractivity contribution in [3.8, 4) is 0 Å². The van der Waals surface area contributed by atoms with Gasteiger partial charge in [-0.3, -0.25) is 14.5 Å². The molecule has 1 atom stereocenters. The van der Waals surface area contributed by atoms with Crippen LogP contribution >= 0.6 is 0 Å². The van der Waals surface area contributed by atoms with Gasteiger partial charge in [0, 0.05) is 67.8 Å². The molecule has 2 saturated heterocycles. The molecular formula is C25H33N7O2. The van der Waals surface area contributed by atoms with E-state index in [2.05, 4.69) is 38.0 Å². The quantitative estimate of drug-likeness (QED) is 0.516. The Bertz CT molecular complexity index is 1000. The summed E-state index contributed by atoms with van der Waals surface area (Å²) in [7, 11) is 0. The van der Waals surface area contributed by atoms with Crippen molar-refractivity contribution in [1.82, 2.24) is 20.6 Å². The van der Waals surface area contributed by atoms with Gasteiger partial charge in [-0.15, -0.1) is 0 Å². The average molecular weight is 464 g/mol. The molecule has 1 aromatic heterocycles. The molecule has 3 aliphatic rings. The van der Waals surface area contributed by atoms with E-state index in [1.165, 1.54) is 5.69 Å². The summed E-state index contributed by atoms with van der Waals surface area (Å²) in [4.78, 5) is 37.8. The van der Waals surface area contributed by atoms with Gasteiger partial charge in [-0.05, 0) is 49.9 Å². The molecule has 2 aliphatic heterocycles. The second-order valence-corrected chi connectivity index (χ2v) is 9.38. The van der Waals surface area contributed by atoms with Crippen LogP contribution in [0.4, 0.5) is 23.1 Å². The molecule has 1 aromatic carbocycles. The number of piperazine rings is 1. The van der Waals surface area contributed by atoms with Crippen molar-refractivity contribution >= 4 is 35.5 Å². The first kappa shape index (κ1) is 22.6. The molecule has 9 nitrogen and oxygen atoms in total. The maximum Gasteiger partial charge on any atom is 0.229 e. The van der Waals surface area contributed by atoms with Crippen molar-refractivity contribution in [2.24, 2.45) is 5.92 Å². The van der Waals surface area contributed by atoms with Crippen molar-refractivity contribution in [2.45, 2.75) is 44.6 Å². The number of hydrogen-bond acceptors (Lipinski definition) is 7. The van der Waals surface area contributed by atoms with Crippen molar-refractivity contribution in [3.63, 3.8) is 0 Å². The number of aromatic nitrogens is 2. The van der Waals surface area contributed by atoms with E-state index in [-0.39, 0.29) is 17.9 Å². The lowest BCUT2D eigenvalue weighted by atomic mass is 9.99. The van der Waals surface area contributed by atoms with Gasteiger partial charge in [0.15, 0.2) is 0 Å². The number of nitrogens with zero attached hydrogens (tertiary/aromatic N) is 4. The van der Waals surface area contributed by atoms with Gasteiger partial charge >= 0.3 is 0 Å². The Morgan fingerprint density at radius 2 is 1.85 bits per heavy atom. The maximum atomic E-state index is 12.2. The number of rotatable bonds is 8. The number of amides is 2. The topological polar surface area (TPSA) is 102 Å². The second-order valence-electron chi connectivity index (χ2n) is 9.38. The summed E-state index contributed by atoms with van der Waals surface area (Å²) in [5.74, 6) is 1.04. The van der Waals surface area contributed by atoms with E-state index in [0.717, 1.165) is 75.9 Å². The van der Waals surface area contributed by atoms with Gasteiger partial charge in [0.25, 0.3) is 0 Å². The number of carbonyl (C=O) groups is 2. The first-order valence-electron chi connectivity index (χ1n) is 12.4. The number of anilines is 4. The number of hydrogen-bond donors (Lipinski definition) is 3. The lowest BCUT2D eigenvalue weighted by Crippen LogP contribution is -2.43. The molecule has 5 rings (SSSR count). The van der Waals surface area contributed by atoms with Gasteiger partial charge in [0.2, 0.25) is 18.3 Å². The maximum absolute atomic E-state index is 12.2. The van der Waals surface area contributed by atoms with Crippen LogP contribution in [0.2, 0.25) is 0 Å². The molecule has 3 heterocycles. The molecule has 1 saturated carbocycles. The lowest BCUT2D eigenvalue weighted by Gasteiger charge is -2.29. The molecular weight excluding hydrogens is 430 g/mol. The highest BCUT2D eigenvalue weighted by atomic mass is 16.2. The fourth-order valence-electron chi connectivity index (χ4n) is 5.23. The van der Waals surface area contributed by atoms with Gasteiger partial charge in [0.05, 0.1) is 0 Å². The predicted molar refractivity (Wildman–Crippen MR) is 132 cm³/mol. The molecule has 34 heavy (non-hydrogen) atoms. The monoisotopic (exact) mass is 463 g/mol. The summed E-state index contributed by atoms with van der Waals surface area (Å²) in [6, 6.07) is 8.43. The molecule has 2 amide bonds. The van der Waals surface area contributed by atoms with Crippen LogP contribution in [-0.4, -0.2) is 61.1 Å². The summed E-state index contributed by atoms with van der Waals surface area (Å²) in [6.45, 7) is 4.70. The standard InChI is InChI=1S/C25H33N7O2/c33-17-32(22-3-1-2-4-22)23-19(15-18-9-10-27-24(18)34)16-28-25(30-23)29-20-5-7-21(8-6-20)31-13-11-26-12-14-31/h5-8,16-18,22,26H,1-4,9-15H2,(H,27,34)(H,28,29,30)/t18-/m0/s1. The number of benzene rings is 1. The van der Waals surface area contributed by atoms with Gasteiger partial charge in [-0.2, -0.15) is 4.98 Å². The van der Waals surface area contributed by atoms with Crippen LogP contribution in [0.1, 0.15) is 37.7 Å². The fourth-order valence-corrected chi connectivity index (χ4v) is 5.23. The van der Waals surface area contributed by atoms with Crippen LogP contribution < -0.4 is 25.8 Å². The van der Waals surface area contributed by atoms with E-state index in [1.807, 2.05) is 12.1 Å². The Kier molecular flexibility index (Phi) is 6.89. The summed E-state index contributed by atoms with van der Waals surface area (Å²) < 4.78 is 0. The Hall–Kier alpha value is -3.20. The SMILES string of the molecule is O=CN(c1nc(Nc2ccc(N3CCNCC3)cc2)ncc1C[C@@H]1CCNC1=O)C1CCCC1. The molecule has 0 spiro atoms. The summed E-state index contributed by atoms with van der Waals surface area (Å²) in [5, 5.41) is 9.57. The van der Waals surface area contributed by atoms with E-state index in [1.54, 1.807) is 11.1 Å². The van der Waals surface area contributed by atoms with E-state index >= 15 is 0 Å². The molecule has 0 radical (unpaired) electrons.